The fraction of sp³-hybridized carbons (Fsp3) is 0.565. The zero-order chi connectivity index (χ0) is 25.4. The highest BCUT2D eigenvalue weighted by molar-refractivity contribution is 7.99. The lowest BCUT2D eigenvalue weighted by atomic mass is 10.1. The topological polar surface area (TPSA) is 138 Å². The van der Waals surface area contributed by atoms with Crippen LogP contribution in [-0.2, 0) is 4.74 Å². The lowest BCUT2D eigenvalue weighted by Crippen LogP contribution is -2.33. The summed E-state index contributed by atoms with van der Waals surface area (Å²) in [5.74, 6) is -0.472. The number of nitrogens with zero attached hydrogens (tertiary/aromatic N) is 5. The number of anilines is 1. The summed E-state index contributed by atoms with van der Waals surface area (Å²) in [6.45, 7) is 1.91. The van der Waals surface area contributed by atoms with Crippen molar-refractivity contribution < 1.29 is 28.8 Å². The normalized spacial score (nSPS) is 27.6. The van der Waals surface area contributed by atoms with E-state index in [1.165, 1.54) is 22.5 Å². The van der Waals surface area contributed by atoms with Crippen molar-refractivity contribution in [2.75, 3.05) is 24.3 Å². The molecule has 0 bridgehead atoms. The zero-order valence-corrected chi connectivity index (χ0v) is 20.4. The number of thioether (sulfide) groups is 1. The molecule has 5 rings (SSSR count). The molecule has 2 aliphatic carbocycles. The van der Waals surface area contributed by atoms with E-state index in [-0.39, 0.29) is 31.6 Å². The van der Waals surface area contributed by atoms with Crippen LogP contribution >= 0.6 is 11.8 Å². The van der Waals surface area contributed by atoms with Crippen molar-refractivity contribution in [3.05, 3.63) is 35.4 Å². The zero-order valence-electron chi connectivity index (χ0n) is 19.6. The Morgan fingerprint density at radius 3 is 2.75 bits per heavy atom. The minimum absolute atomic E-state index is 0.00291. The Bertz CT molecular complexity index is 1230. The lowest BCUT2D eigenvalue weighted by Gasteiger charge is -2.17. The molecule has 2 aliphatic rings. The number of aliphatic hydroxyl groups is 3. The maximum Gasteiger partial charge on any atom is 0.191 e. The molecule has 6 atom stereocenters. The van der Waals surface area contributed by atoms with Gasteiger partial charge in [-0.1, -0.05) is 30.0 Å². The van der Waals surface area contributed by atoms with Crippen LogP contribution in [-0.4, -0.2) is 83.6 Å². The Morgan fingerprint density at radius 1 is 1.17 bits per heavy atom. The van der Waals surface area contributed by atoms with Gasteiger partial charge in [-0.25, -0.2) is 23.4 Å². The van der Waals surface area contributed by atoms with Gasteiger partial charge in [0.2, 0.25) is 0 Å². The van der Waals surface area contributed by atoms with Gasteiger partial charge in [0.1, 0.15) is 12.2 Å². The van der Waals surface area contributed by atoms with E-state index in [0.29, 0.717) is 27.7 Å². The van der Waals surface area contributed by atoms with Crippen molar-refractivity contribution in [3.63, 3.8) is 0 Å². The first-order valence-electron chi connectivity index (χ1n) is 12.0. The van der Waals surface area contributed by atoms with Crippen LogP contribution in [0.3, 0.4) is 0 Å². The van der Waals surface area contributed by atoms with Crippen LogP contribution in [0.2, 0.25) is 0 Å². The number of hydrogen-bond donors (Lipinski definition) is 4. The molecular weight excluding hydrogens is 494 g/mol. The Kier molecular flexibility index (Phi) is 7.35. The van der Waals surface area contributed by atoms with Gasteiger partial charge >= 0.3 is 0 Å². The fourth-order valence-electron chi connectivity index (χ4n) is 4.61. The van der Waals surface area contributed by atoms with Crippen molar-refractivity contribution in [3.8, 4) is 0 Å². The highest BCUT2D eigenvalue weighted by Gasteiger charge is 2.45. The van der Waals surface area contributed by atoms with Gasteiger partial charge in [0.15, 0.2) is 33.8 Å². The number of fused-ring (bicyclic) bond motifs is 1. The predicted molar refractivity (Wildman–Crippen MR) is 128 cm³/mol. The summed E-state index contributed by atoms with van der Waals surface area (Å²) in [5, 5.41) is 42.5. The van der Waals surface area contributed by atoms with E-state index in [0.717, 1.165) is 24.7 Å². The molecule has 2 aromatic heterocycles. The molecule has 0 saturated heterocycles. The van der Waals surface area contributed by atoms with E-state index < -0.39 is 36.0 Å². The first-order valence-corrected chi connectivity index (χ1v) is 13.0. The van der Waals surface area contributed by atoms with Gasteiger partial charge in [-0.2, -0.15) is 0 Å². The monoisotopic (exact) mass is 522 g/mol. The third-order valence-electron chi connectivity index (χ3n) is 6.56. The minimum atomic E-state index is -1.15. The molecule has 0 amide bonds. The van der Waals surface area contributed by atoms with Crippen LogP contribution in [0.4, 0.5) is 14.6 Å². The SMILES string of the molecule is CCCSc1nc(N[C@@H]2CC2c2ccc(F)c(F)c2)c2nnn([C@H]3C[C@@H](OCCO)C(O)C3O)c2n1. The van der Waals surface area contributed by atoms with Gasteiger partial charge in [0.05, 0.1) is 25.4 Å². The summed E-state index contributed by atoms with van der Waals surface area (Å²) in [7, 11) is 0. The molecule has 1 aromatic carbocycles. The van der Waals surface area contributed by atoms with Crippen LogP contribution in [0.5, 0.6) is 0 Å². The number of aliphatic hydroxyl groups excluding tert-OH is 3. The van der Waals surface area contributed by atoms with Gasteiger partial charge in [-0.15, -0.1) is 5.10 Å². The number of hydrogen-bond acceptors (Lipinski definition) is 10. The molecule has 4 N–H and O–H groups in total. The van der Waals surface area contributed by atoms with Crippen LogP contribution < -0.4 is 5.32 Å². The van der Waals surface area contributed by atoms with E-state index in [1.807, 2.05) is 0 Å². The third kappa shape index (κ3) is 4.90. The number of halogens is 2. The molecule has 2 fully saturated rings. The molecule has 13 heteroatoms. The van der Waals surface area contributed by atoms with E-state index in [9.17, 15) is 19.0 Å². The molecule has 10 nitrogen and oxygen atoms in total. The highest BCUT2D eigenvalue weighted by Crippen LogP contribution is 2.44. The molecule has 3 aromatic rings. The van der Waals surface area contributed by atoms with Crippen molar-refractivity contribution >= 4 is 28.7 Å². The van der Waals surface area contributed by atoms with Crippen molar-refractivity contribution in [1.82, 2.24) is 25.0 Å². The smallest absolute Gasteiger partial charge is 0.191 e. The molecule has 0 spiro atoms. The van der Waals surface area contributed by atoms with Gasteiger partial charge in [0.25, 0.3) is 0 Å². The lowest BCUT2D eigenvalue weighted by molar-refractivity contribution is -0.0629. The Hall–Kier alpha value is -2.45. The molecule has 2 heterocycles. The van der Waals surface area contributed by atoms with Crippen molar-refractivity contribution in [2.45, 2.75) is 67.7 Å². The number of rotatable bonds is 10. The average molecular weight is 523 g/mol. The van der Waals surface area contributed by atoms with Gasteiger partial charge in [-0.05, 0) is 30.5 Å². The van der Waals surface area contributed by atoms with Crippen molar-refractivity contribution in [2.24, 2.45) is 0 Å². The summed E-state index contributed by atoms with van der Waals surface area (Å²) < 4.78 is 34.0. The van der Waals surface area contributed by atoms with E-state index in [4.69, 9.17) is 9.84 Å². The van der Waals surface area contributed by atoms with Crippen LogP contribution in [0, 0.1) is 11.6 Å². The first-order chi connectivity index (χ1) is 17.4. The number of nitrogens with one attached hydrogen (secondary N) is 1. The number of aromatic nitrogens is 5. The molecule has 0 radical (unpaired) electrons. The standard InChI is InChI=1S/C23H28F2N6O4S/c1-2-7-36-23-27-21(26-15-9-12(15)11-3-4-13(24)14(25)8-11)18-22(28-23)31(30-29-18)16-10-17(35-6-5-32)20(34)19(16)33/h3-4,8,12,15-17,19-20,32-34H,2,5-7,9-10H2,1H3,(H,26,27,28)/t12?,15-,16+,17-,19?,20?/m1/s1. The van der Waals surface area contributed by atoms with Gasteiger partial charge in [-0.3, -0.25) is 0 Å². The fourth-order valence-corrected chi connectivity index (χ4v) is 5.31. The highest BCUT2D eigenvalue weighted by atomic mass is 32.2. The molecule has 2 saturated carbocycles. The Morgan fingerprint density at radius 2 is 2.00 bits per heavy atom. The minimum Gasteiger partial charge on any atom is -0.394 e. The summed E-state index contributed by atoms with van der Waals surface area (Å²) in [4.78, 5) is 9.27. The van der Waals surface area contributed by atoms with Crippen LogP contribution in [0.25, 0.3) is 11.2 Å². The second-order valence-corrected chi connectivity index (χ2v) is 10.2. The second kappa shape index (κ2) is 10.5. The summed E-state index contributed by atoms with van der Waals surface area (Å²) in [6.07, 6.45) is -1.04. The maximum absolute atomic E-state index is 13.7. The first kappa shape index (κ1) is 25.2. The summed E-state index contributed by atoms with van der Waals surface area (Å²) >= 11 is 1.48. The molecule has 36 heavy (non-hydrogen) atoms. The van der Waals surface area contributed by atoms with E-state index in [1.54, 1.807) is 6.07 Å². The third-order valence-corrected chi connectivity index (χ3v) is 7.61. The van der Waals surface area contributed by atoms with Crippen LogP contribution in [0.15, 0.2) is 23.4 Å². The summed E-state index contributed by atoms with van der Waals surface area (Å²) in [6, 6.07) is 3.26. The van der Waals surface area contributed by atoms with Crippen LogP contribution in [0.1, 0.15) is 43.7 Å². The van der Waals surface area contributed by atoms with Gasteiger partial charge < -0.3 is 25.4 Å². The predicted octanol–water partition coefficient (Wildman–Crippen LogP) is 2.01. The quantitative estimate of drug-likeness (QED) is 0.231. The maximum atomic E-state index is 13.7. The average Bonchev–Trinajstić information content (AvgIpc) is 3.41. The Labute approximate surface area is 210 Å². The molecule has 3 unspecified atom stereocenters. The molecule has 0 aliphatic heterocycles. The number of ether oxygens (including phenoxy) is 1. The Balaban J connectivity index is 1.43. The van der Waals surface area contributed by atoms with Gasteiger partial charge in [0, 0.05) is 24.1 Å². The summed E-state index contributed by atoms with van der Waals surface area (Å²) in [5.41, 5.74) is 1.53. The van der Waals surface area contributed by atoms with Crippen molar-refractivity contribution in [1.29, 1.82) is 0 Å². The van der Waals surface area contributed by atoms with E-state index >= 15 is 0 Å². The number of benzene rings is 1. The second-order valence-electron chi connectivity index (χ2n) is 9.09. The van der Waals surface area contributed by atoms with E-state index in [2.05, 4.69) is 32.5 Å². The largest absolute Gasteiger partial charge is 0.394 e. The molecule has 194 valence electrons. The molecular formula is C23H28F2N6O4S.